The van der Waals surface area contributed by atoms with Crippen molar-refractivity contribution in [3.63, 3.8) is 0 Å². The van der Waals surface area contributed by atoms with E-state index in [1.54, 1.807) is 38.1 Å². The van der Waals surface area contributed by atoms with Crippen LogP contribution >= 0.6 is 0 Å². The van der Waals surface area contributed by atoms with Gasteiger partial charge in [0.05, 0.1) is 25.9 Å². The highest BCUT2D eigenvalue weighted by molar-refractivity contribution is 5.89. The van der Waals surface area contributed by atoms with Crippen LogP contribution in [0, 0.1) is 11.8 Å². The molecule has 4 rings (SSSR count). The van der Waals surface area contributed by atoms with Crippen molar-refractivity contribution in [1.29, 1.82) is 0 Å². The highest BCUT2D eigenvalue weighted by Crippen LogP contribution is 2.42. The van der Waals surface area contributed by atoms with E-state index in [1.165, 1.54) is 12.0 Å². The van der Waals surface area contributed by atoms with Crippen LogP contribution in [0.25, 0.3) is 0 Å². The maximum Gasteiger partial charge on any atom is 0.410 e. The fourth-order valence-electron chi connectivity index (χ4n) is 6.46. The molecule has 6 atom stereocenters. The molecule has 1 aliphatic carbocycles. The molecule has 0 radical (unpaired) electrons. The van der Waals surface area contributed by atoms with E-state index in [2.05, 4.69) is 4.90 Å². The minimum Gasteiger partial charge on any atom is -0.465 e. The molecule has 0 spiro atoms. The van der Waals surface area contributed by atoms with Gasteiger partial charge >= 0.3 is 24.0 Å². The molecule has 10 heteroatoms. The number of hydrogen-bond acceptors (Lipinski definition) is 9. The maximum absolute atomic E-state index is 13.0. The Morgan fingerprint density at radius 1 is 0.821 bits per heavy atom. The summed E-state index contributed by atoms with van der Waals surface area (Å²) >= 11 is 0. The molecule has 2 heterocycles. The van der Waals surface area contributed by atoms with Gasteiger partial charge in [-0.25, -0.2) is 14.4 Å². The average molecular weight is 545 g/mol. The number of carbonyl (C=O) groups is 4. The lowest BCUT2D eigenvalue weighted by molar-refractivity contribution is -0.156. The lowest BCUT2D eigenvalue weighted by Crippen LogP contribution is -2.59. The first-order valence-corrected chi connectivity index (χ1v) is 14.1. The summed E-state index contributed by atoms with van der Waals surface area (Å²) in [7, 11) is 1.32. The number of methoxy groups -OCH3 is 1. The molecule has 0 bridgehead atoms. The monoisotopic (exact) mass is 544 g/mol. The van der Waals surface area contributed by atoms with Gasteiger partial charge in [-0.3, -0.25) is 14.6 Å². The number of fused-ring (bicyclic) bond motifs is 1. The smallest absolute Gasteiger partial charge is 0.410 e. The molecule has 3 aliphatic rings. The van der Waals surface area contributed by atoms with Gasteiger partial charge in [0.25, 0.3) is 0 Å². The summed E-state index contributed by atoms with van der Waals surface area (Å²) < 4.78 is 21.5. The summed E-state index contributed by atoms with van der Waals surface area (Å²) in [6.45, 7) is 4.96. The van der Waals surface area contributed by atoms with Crippen LogP contribution in [0.5, 0.6) is 0 Å². The third-order valence-corrected chi connectivity index (χ3v) is 8.30. The van der Waals surface area contributed by atoms with Crippen molar-refractivity contribution >= 4 is 24.0 Å². The van der Waals surface area contributed by atoms with E-state index >= 15 is 0 Å². The van der Waals surface area contributed by atoms with Crippen LogP contribution in [0.4, 0.5) is 4.79 Å². The van der Waals surface area contributed by atoms with Crippen LogP contribution in [-0.4, -0.2) is 91.4 Å². The Morgan fingerprint density at radius 2 is 1.51 bits per heavy atom. The number of carbonyl (C=O) groups excluding carboxylic acids is 4. The van der Waals surface area contributed by atoms with Gasteiger partial charge in [-0.2, -0.15) is 0 Å². The second-order valence-corrected chi connectivity index (χ2v) is 10.5. The molecule has 2 saturated heterocycles. The van der Waals surface area contributed by atoms with Gasteiger partial charge in [0.2, 0.25) is 0 Å². The second kappa shape index (κ2) is 13.3. The van der Waals surface area contributed by atoms with Crippen LogP contribution < -0.4 is 0 Å². The number of esters is 3. The third kappa shape index (κ3) is 6.72. The standard InChI is InChI=1S/C29H40N2O8/c1-4-37-27(33)24-14-13-23(39-26(32)19-9-7-6-8-10-19)18-30(24)22-12-11-20-17-31(29(35)36-3)25(16-21(20)15-22)28(34)38-5-2/h6-10,20-25H,4-5,11-18H2,1-3H3/t20?,21?,22?,23-,24?,25?/m1/s1. The molecule has 0 N–H and O–H groups in total. The Hall–Kier alpha value is -3.14. The number of benzene rings is 1. The van der Waals surface area contributed by atoms with E-state index in [0.717, 1.165) is 19.3 Å². The molecule has 1 saturated carbocycles. The zero-order valence-electron chi connectivity index (χ0n) is 23.1. The average Bonchev–Trinajstić information content (AvgIpc) is 2.96. The topological polar surface area (TPSA) is 112 Å². The molecular weight excluding hydrogens is 504 g/mol. The Labute approximate surface area is 229 Å². The van der Waals surface area contributed by atoms with Crippen molar-refractivity contribution in [3.8, 4) is 0 Å². The number of hydrogen-bond donors (Lipinski definition) is 0. The number of likely N-dealkylation sites (tertiary alicyclic amines) is 2. The zero-order valence-corrected chi connectivity index (χ0v) is 23.1. The summed E-state index contributed by atoms with van der Waals surface area (Å²) in [5.41, 5.74) is 0.499. The van der Waals surface area contributed by atoms with Crippen molar-refractivity contribution in [1.82, 2.24) is 9.80 Å². The van der Waals surface area contributed by atoms with Crippen LogP contribution in [0.2, 0.25) is 0 Å². The first-order valence-electron chi connectivity index (χ1n) is 14.1. The van der Waals surface area contributed by atoms with Gasteiger partial charge in [-0.15, -0.1) is 0 Å². The first kappa shape index (κ1) is 28.9. The van der Waals surface area contributed by atoms with Crippen LogP contribution in [0.1, 0.15) is 62.7 Å². The van der Waals surface area contributed by atoms with Gasteiger partial charge in [0, 0.05) is 19.1 Å². The van der Waals surface area contributed by atoms with E-state index < -0.39 is 24.1 Å². The normalized spacial score (nSPS) is 29.1. The third-order valence-electron chi connectivity index (χ3n) is 8.30. The van der Waals surface area contributed by atoms with Crippen molar-refractivity contribution in [3.05, 3.63) is 35.9 Å². The van der Waals surface area contributed by atoms with Crippen molar-refractivity contribution in [2.45, 2.75) is 76.6 Å². The van der Waals surface area contributed by atoms with Crippen molar-refractivity contribution in [2.24, 2.45) is 11.8 Å². The van der Waals surface area contributed by atoms with Crippen LogP contribution in [-0.2, 0) is 28.5 Å². The molecule has 0 aromatic heterocycles. The summed E-state index contributed by atoms with van der Waals surface area (Å²) in [5, 5.41) is 0. The molecule has 1 amide bonds. The van der Waals surface area contributed by atoms with E-state index in [0.29, 0.717) is 44.5 Å². The molecule has 5 unspecified atom stereocenters. The maximum atomic E-state index is 13.0. The fourth-order valence-corrected chi connectivity index (χ4v) is 6.46. The highest BCUT2D eigenvalue weighted by Gasteiger charge is 2.47. The second-order valence-electron chi connectivity index (χ2n) is 10.5. The molecule has 2 aliphatic heterocycles. The summed E-state index contributed by atoms with van der Waals surface area (Å²) in [4.78, 5) is 54.6. The van der Waals surface area contributed by atoms with Crippen LogP contribution in [0.15, 0.2) is 30.3 Å². The van der Waals surface area contributed by atoms with Gasteiger partial charge in [0.15, 0.2) is 0 Å². The largest absolute Gasteiger partial charge is 0.465 e. The lowest BCUT2D eigenvalue weighted by Gasteiger charge is -2.50. The number of amides is 1. The molecule has 1 aromatic rings. The molecule has 214 valence electrons. The predicted octanol–water partition coefficient (Wildman–Crippen LogP) is 3.43. The summed E-state index contributed by atoms with van der Waals surface area (Å²) in [6.07, 6.45) is 3.19. The number of nitrogens with zero attached hydrogens (tertiary/aromatic N) is 2. The van der Waals surface area contributed by atoms with Gasteiger partial charge in [-0.05, 0) is 76.3 Å². The van der Waals surface area contributed by atoms with Gasteiger partial charge < -0.3 is 18.9 Å². The quantitative estimate of drug-likeness (QED) is 0.376. The summed E-state index contributed by atoms with van der Waals surface area (Å²) in [6, 6.07) is 7.86. The first-order chi connectivity index (χ1) is 18.9. The minimum absolute atomic E-state index is 0.0615. The van der Waals surface area contributed by atoms with E-state index in [1.807, 2.05) is 6.07 Å². The number of piperidine rings is 2. The van der Waals surface area contributed by atoms with E-state index in [-0.39, 0.29) is 42.5 Å². The Kier molecular flexibility index (Phi) is 9.83. The molecule has 10 nitrogen and oxygen atoms in total. The summed E-state index contributed by atoms with van der Waals surface area (Å²) in [5.74, 6) is -0.639. The van der Waals surface area contributed by atoms with Crippen LogP contribution in [0.3, 0.4) is 0 Å². The number of rotatable bonds is 7. The molecule has 3 fully saturated rings. The zero-order chi connectivity index (χ0) is 27.9. The van der Waals surface area contributed by atoms with Crippen molar-refractivity contribution < 1.29 is 38.1 Å². The Bertz CT molecular complexity index is 1020. The lowest BCUT2D eigenvalue weighted by atomic mass is 9.70. The van der Waals surface area contributed by atoms with E-state index in [9.17, 15) is 19.2 Å². The molecule has 39 heavy (non-hydrogen) atoms. The molecular formula is C29H40N2O8. The highest BCUT2D eigenvalue weighted by atomic mass is 16.6. The Morgan fingerprint density at radius 3 is 2.18 bits per heavy atom. The Balaban J connectivity index is 1.49. The van der Waals surface area contributed by atoms with Gasteiger partial charge in [-0.1, -0.05) is 18.2 Å². The molecule has 1 aromatic carbocycles. The fraction of sp³-hybridized carbons (Fsp3) is 0.655. The minimum atomic E-state index is -0.695. The van der Waals surface area contributed by atoms with E-state index in [4.69, 9.17) is 18.9 Å². The number of ether oxygens (including phenoxy) is 4. The predicted molar refractivity (Wildman–Crippen MR) is 141 cm³/mol. The van der Waals surface area contributed by atoms with Gasteiger partial charge in [0.1, 0.15) is 18.2 Å². The SMILES string of the molecule is CCOC(=O)C1CC2CC(N3C[C@H](OC(=O)c4ccccc4)CCC3C(=O)OCC)CCC2CN1C(=O)OC. The van der Waals surface area contributed by atoms with Crippen molar-refractivity contribution in [2.75, 3.05) is 33.4 Å².